The first-order chi connectivity index (χ1) is 7.08. The van der Waals surface area contributed by atoms with Gasteiger partial charge in [0.05, 0.1) is 0 Å². The van der Waals surface area contributed by atoms with Gasteiger partial charge in [0, 0.05) is 5.69 Å². The zero-order valence-corrected chi connectivity index (χ0v) is 9.16. The van der Waals surface area contributed by atoms with Gasteiger partial charge in [-0.15, -0.1) is 0 Å². The van der Waals surface area contributed by atoms with Crippen molar-refractivity contribution in [3.8, 4) is 0 Å². The lowest BCUT2D eigenvalue weighted by molar-refractivity contribution is -0.134. The summed E-state index contributed by atoms with van der Waals surface area (Å²) in [7, 11) is 0. The summed E-state index contributed by atoms with van der Waals surface area (Å²) in [6, 6.07) is 7.90. The second-order valence-corrected chi connectivity index (χ2v) is 4.04. The van der Waals surface area contributed by atoms with Crippen LogP contribution in [0.25, 0.3) is 0 Å². The van der Waals surface area contributed by atoms with Crippen LogP contribution in [0.1, 0.15) is 19.4 Å². The predicted molar refractivity (Wildman–Crippen MR) is 61.1 cm³/mol. The summed E-state index contributed by atoms with van der Waals surface area (Å²) in [4.78, 5) is 10.3. The van der Waals surface area contributed by atoms with Crippen LogP contribution in [0.5, 0.6) is 0 Å². The van der Waals surface area contributed by atoms with E-state index in [4.69, 9.17) is 5.11 Å². The Morgan fingerprint density at radius 2 is 1.93 bits per heavy atom. The van der Waals surface area contributed by atoms with Crippen molar-refractivity contribution in [1.29, 1.82) is 0 Å². The Kier molecular flexibility index (Phi) is 4.16. The maximum Gasteiger partial charge on any atom is 0.322 e. The Hall–Kier alpha value is -1.51. The summed E-state index contributed by atoms with van der Waals surface area (Å²) in [5.74, 6) is -0.205. The molecule has 82 valence electrons. The standard InChI is InChI=1S/C12H17NO2/c1-9(2)7-10-3-5-11(6-4-10)13-8-12(14)15/h3-6,9,13H,7-8H2,1-2H3,(H,14,15). The number of benzene rings is 1. The van der Waals surface area contributed by atoms with Crippen LogP contribution in [0.15, 0.2) is 24.3 Å². The van der Waals surface area contributed by atoms with Gasteiger partial charge in [-0.2, -0.15) is 0 Å². The predicted octanol–water partition coefficient (Wildman–Crippen LogP) is 2.38. The SMILES string of the molecule is CC(C)Cc1ccc(NCC(=O)O)cc1. The molecule has 3 heteroatoms. The van der Waals surface area contributed by atoms with Crippen LogP contribution < -0.4 is 5.32 Å². The van der Waals surface area contributed by atoms with E-state index in [0.29, 0.717) is 5.92 Å². The Morgan fingerprint density at radius 3 is 2.40 bits per heavy atom. The molecule has 0 spiro atoms. The summed E-state index contributed by atoms with van der Waals surface area (Å²) in [5, 5.41) is 11.3. The van der Waals surface area contributed by atoms with Gasteiger partial charge in [-0.3, -0.25) is 4.79 Å². The third kappa shape index (κ3) is 4.49. The minimum absolute atomic E-state index is 0.0382. The summed E-state index contributed by atoms with van der Waals surface area (Å²) in [5.41, 5.74) is 2.13. The molecule has 1 rings (SSSR count). The quantitative estimate of drug-likeness (QED) is 0.779. The molecule has 0 amide bonds. The van der Waals surface area contributed by atoms with Crippen LogP contribution in [0.2, 0.25) is 0 Å². The molecular formula is C12H17NO2. The van der Waals surface area contributed by atoms with Gasteiger partial charge in [0.1, 0.15) is 6.54 Å². The van der Waals surface area contributed by atoms with Gasteiger partial charge < -0.3 is 10.4 Å². The Labute approximate surface area is 90.1 Å². The first-order valence-electron chi connectivity index (χ1n) is 5.12. The number of carboxylic acid groups (broad SMARTS) is 1. The highest BCUT2D eigenvalue weighted by Gasteiger charge is 1.99. The average Bonchev–Trinajstić information content (AvgIpc) is 2.16. The van der Waals surface area contributed by atoms with Crippen molar-refractivity contribution < 1.29 is 9.90 Å². The van der Waals surface area contributed by atoms with E-state index < -0.39 is 5.97 Å². The topological polar surface area (TPSA) is 49.3 Å². The van der Waals surface area contributed by atoms with E-state index in [0.717, 1.165) is 12.1 Å². The molecular weight excluding hydrogens is 190 g/mol. The largest absolute Gasteiger partial charge is 0.480 e. The molecule has 0 aliphatic carbocycles. The van der Waals surface area contributed by atoms with Gasteiger partial charge >= 0.3 is 5.97 Å². The summed E-state index contributed by atoms with van der Waals surface area (Å²) in [6.45, 7) is 4.32. The number of rotatable bonds is 5. The van der Waals surface area contributed by atoms with Gasteiger partial charge in [-0.05, 0) is 30.0 Å². The lowest BCUT2D eigenvalue weighted by Crippen LogP contribution is -2.12. The molecule has 0 saturated carbocycles. The van der Waals surface area contributed by atoms with Gasteiger partial charge in [-0.25, -0.2) is 0 Å². The van der Waals surface area contributed by atoms with Crippen molar-refractivity contribution >= 4 is 11.7 Å². The molecule has 3 nitrogen and oxygen atoms in total. The molecule has 0 bridgehead atoms. The lowest BCUT2D eigenvalue weighted by atomic mass is 10.0. The molecule has 0 aliphatic rings. The number of anilines is 1. The first kappa shape index (κ1) is 11.6. The average molecular weight is 207 g/mol. The number of carbonyl (C=O) groups is 1. The van der Waals surface area contributed by atoms with Crippen LogP contribution in [0, 0.1) is 5.92 Å². The normalized spacial score (nSPS) is 10.3. The van der Waals surface area contributed by atoms with E-state index in [1.807, 2.05) is 24.3 Å². The van der Waals surface area contributed by atoms with Crippen LogP contribution >= 0.6 is 0 Å². The zero-order valence-electron chi connectivity index (χ0n) is 9.16. The molecule has 2 N–H and O–H groups in total. The smallest absolute Gasteiger partial charge is 0.322 e. The molecule has 0 aromatic heterocycles. The second kappa shape index (κ2) is 5.39. The van der Waals surface area contributed by atoms with E-state index in [9.17, 15) is 4.79 Å². The number of carboxylic acids is 1. The molecule has 1 aromatic rings. The first-order valence-corrected chi connectivity index (χ1v) is 5.12. The third-order valence-electron chi connectivity index (χ3n) is 2.04. The Balaban J connectivity index is 2.52. The van der Waals surface area contributed by atoms with Gasteiger partial charge in [0.25, 0.3) is 0 Å². The minimum Gasteiger partial charge on any atom is -0.480 e. The van der Waals surface area contributed by atoms with E-state index >= 15 is 0 Å². The van der Waals surface area contributed by atoms with Gasteiger partial charge in [-0.1, -0.05) is 26.0 Å². The van der Waals surface area contributed by atoms with Gasteiger partial charge in [0.2, 0.25) is 0 Å². The Bertz CT molecular complexity index is 317. The second-order valence-electron chi connectivity index (χ2n) is 4.04. The third-order valence-corrected chi connectivity index (χ3v) is 2.04. The fourth-order valence-corrected chi connectivity index (χ4v) is 1.41. The summed E-state index contributed by atoms with van der Waals surface area (Å²) < 4.78 is 0. The summed E-state index contributed by atoms with van der Waals surface area (Å²) in [6.07, 6.45) is 1.05. The van der Waals surface area contributed by atoms with E-state index in [2.05, 4.69) is 19.2 Å². The van der Waals surface area contributed by atoms with Gasteiger partial charge in [0.15, 0.2) is 0 Å². The minimum atomic E-state index is -0.846. The van der Waals surface area contributed by atoms with Crippen molar-refractivity contribution in [1.82, 2.24) is 0 Å². The van der Waals surface area contributed by atoms with Crippen molar-refractivity contribution in [2.24, 2.45) is 5.92 Å². The molecule has 0 saturated heterocycles. The maximum atomic E-state index is 10.3. The van der Waals surface area contributed by atoms with E-state index in [1.165, 1.54) is 5.56 Å². The van der Waals surface area contributed by atoms with Crippen molar-refractivity contribution in [3.63, 3.8) is 0 Å². The molecule has 0 heterocycles. The van der Waals surface area contributed by atoms with Crippen molar-refractivity contribution in [2.75, 3.05) is 11.9 Å². The van der Waals surface area contributed by atoms with Crippen LogP contribution in [-0.4, -0.2) is 17.6 Å². The van der Waals surface area contributed by atoms with Crippen LogP contribution in [0.4, 0.5) is 5.69 Å². The van der Waals surface area contributed by atoms with E-state index in [-0.39, 0.29) is 6.54 Å². The highest BCUT2D eigenvalue weighted by molar-refractivity contribution is 5.72. The fourth-order valence-electron chi connectivity index (χ4n) is 1.41. The monoisotopic (exact) mass is 207 g/mol. The number of hydrogen-bond donors (Lipinski definition) is 2. The fraction of sp³-hybridized carbons (Fsp3) is 0.417. The number of nitrogens with one attached hydrogen (secondary N) is 1. The zero-order chi connectivity index (χ0) is 11.3. The molecule has 0 aliphatic heterocycles. The highest BCUT2D eigenvalue weighted by Crippen LogP contribution is 2.12. The summed E-state index contributed by atoms with van der Waals surface area (Å²) >= 11 is 0. The molecule has 1 aromatic carbocycles. The van der Waals surface area contributed by atoms with E-state index in [1.54, 1.807) is 0 Å². The maximum absolute atomic E-state index is 10.3. The molecule has 15 heavy (non-hydrogen) atoms. The molecule has 0 fully saturated rings. The lowest BCUT2D eigenvalue weighted by Gasteiger charge is -2.07. The molecule has 0 radical (unpaired) electrons. The van der Waals surface area contributed by atoms with Crippen LogP contribution in [0.3, 0.4) is 0 Å². The van der Waals surface area contributed by atoms with Crippen molar-refractivity contribution in [2.45, 2.75) is 20.3 Å². The van der Waals surface area contributed by atoms with Crippen molar-refractivity contribution in [3.05, 3.63) is 29.8 Å². The molecule has 0 unspecified atom stereocenters. The number of aliphatic carboxylic acids is 1. The number of hydrogen-bond acceptors (Lipinski definition) is 2. The van der Waals surface area contributed by atoms with Crippen LogP contribution in [-0.2, 0) is 11.2 Å². The molecule has 0 atom stereocenters. The highest BCUT2D eigenvalue weighted by atomic mass is 16.4. The Morgan fingerprint density at radius 1 is 1.33 bits per heavy atom.